The van der Waals surface area contributed by atoms with Gasteiger partial charge in [-0.05, 0) is 41.6 Å². The highest BCUT2D eigenvalue weighted by Gasteiger charge is 2.41. The molecule has 182 valence electrons. The summed E-state index contributed by atoms with van der Waals surface area (Å²) < 4.78 is 25.6. The van der Waals surface area contributed by atoms with Crippen LogP contribution in [0.2, 0.25) is 18.1 Å². The fourth-order valence-corrected chi connectivity index (χ4v) is 4.81. The van der Waals surface area contributed by atoms with E-state index in [9.17, 15) is 0 Å². The van der Waals surface area contributed by atoms with Gasteiger partial charge in [0.2, 0.25) is 0 Å². The molecule has 0 spiro atoms. The van der Waals surface area contributed by atoms with Crippen LogP contribution in [0.1, 0.15) is 45.2 Å². The van der Waals surface area contributed by atoms with Crippen LogP contribution in [0.3, 0.4) is 0 Å². The molecule has 33 heavy (non-hydrogen) atoms. The molecule has 1 saturated heterocycles. The van der Waals surface area contributed by atoms with Gasteiger partial charge in [0, 0.05) is 0 Å². The van der Waals surface area contributed by atoms with Crippen LogP contribution in [0.5, 0.6) is 0 Å². The van der Waals surface area contributed by atoms with E-state index in [-0.39, 0.29) is 23.4 Å². The highest BCUT2D eigenvalue weighted by Crippen LogP contribution is 2.37. The van der Waals surface area contributed by atoms with Gasteiger partial charge in [0.1, 0.15) is 6.10 Å². The summed E-state index contributed by atoms with van der Waals surface area (Å²) in [6.07, 6.45) is 0.899. The van der Waals surface area contributed by atoms with Crippen molar-refractivity contribution < 1.29 is 18.6 Å². The largest absolute Gasteiger partial charge is 0.414 e. The van der Waals surface area contributed by atoms with E-state index in [1.165, 1.54) is 11.1 Å². The maximum absolute atomic E-state index is 6.59. The van der Waals surface area contributed by atoms with Crippen molar-refractivity contribution in [2.24, 2.45) is 5.92 Å². The van der Waals surface area contributed by atoms with Crippen molar-refractivity contribution in [3.05, 3.63) is 71.8 Å². The number of benzene rings is 2. The van der Waals surface area contributed by atoms with Gasteiger partial charge in [-0.1, -0.05) is 88.4 Å². The third-order valence-corrected chi connectivity index (χ3v) is 11.6. The third kappa shape index (κ3) is 7.76. The summed E-state index contributed by atoms with van der Waals surface area (Å²) in [5, 5.41) is 0.160. The summed E-state index contributed by atoms with van der Waals surface area (Å²) in [5.74, 6) is 0.352. The van der Waals surface area contributed by atoms with E-state index in [2.05, 4.69) is 77.2 Å². The Morgan fingerprint density at radius 3 is 2.00 bits per heavy atom. The van der Waals surface area contributed by atoms with Crippen LogP contribution < -0.4 is 0 Å². The molecule has 2 aromatic carbocycles. The maximum Gasteiger partial charge on any atom is 0.192 e. The van der Waals surface area contributed by atoms with E-state index in [4.69, 9.17) is 18.6 Å². The zero-order valence-electron chi connectivity index (χ0n) is 21.3. The van der Waals surface area contributed by atoms with Crippen molar-refractivity contribution in [3.63, 3.8) is 0 Å². The number of hydrogen-bond acceptors (Lipinski definition) is 4. The third-order valence-electron chi connectivity index (χ3n) is 7.12. The van der Waals surface area contributed by atoms with Gasteiger partial charge in [-0.15, -0.1) is 0 Å². The smallest absolute Gasteiger partial charge is 0.192 e. The van der Waals surface area contributed by atoms with Crippen molar-refractivity contribution in [3.8, 4) is 0 Å². The van der Waals surface area contributed by atoms with Gasteiger partial charge in [-0.2, -0.15) is 0 Å². The molecule has 0 saturated carbocycles. The molecular formula is C28H42O4Si. The lowest BCUT2D eigenvalue weighted by molar-refractivity contribution is -0.188. The summed E-state index contributed by atoms with van der Waals surface area (Å²) in [4.78, 5) is 0. The van der Waals surface area contributed by atoms with Crippen LogP contribution >= 0.6 is 0 Å². The van der Waals surface area contributed by atoms with Crippen LogP contribution in [0.15, 0.2) is 60.7 Å². The Labute approximate surface area is 201 Å². The Morgan fingerprint density at radius 1 is 0.848 bits per heavy atom. The zero-order chi connectivity index (χ0) is 23.9. The van der Waals surface area contributed by atoms with Crippen molar-refractivity contribution in [2.75, 3.05) is 13.2 Å². The molecule has 1 aliphatic heterocycles. The first-order valence-corrected chi connectivity index (χ1v) is 15.1. The Kier molecular flexibility index (Phi) is 9.31. The van der Waals surface area contributed by atoms with Crippen LogP contribution in [0, 0.1) is 5.92 Å². The fraction of sp³-hybridized carbons (Fsp3) is 0.571. The molecule has 1 aliphatic rings. The van der Waals surface area contributed by atoms with Crippen LogP contribution in [-0.2, 0) is 31.9 Å². The second-order valence-corrected chi connectivity index (χ2v) is 15.6. The Hall–Kier alpha value is -1.50. The first-order valence-electron chi connectivity index (χ1n) is 12.2. The average Bonchev–Trinajstić information content (AvgIpc) is 2.78. The highest BCUT2D eigenvalue weighted by molar-refractivity contribution is 6.74. The molecule has 1 fully saturated rings. The molecular weight excluding hydrogens is 428 g/mol. The molecule has 1 heterocycles. The summed E-state index contributed by atoms with van der Waals surface area (Å²) in [6.45, 7) is 16.0. The molecule has 3 rings (SSSR count). The lowest BCUT2D eigenvalue weighted by Crippen LogP contribution is -2.51. The monoisotopic (exact) mass is 470 g/mol. The van der Waals surface area contributed by atoms with Crippen molar-refractivity contribution in [1.82, 2.24) is 0 Å². The number of ether oxygens (including phenoxy) is 3. The highest BCUT2D eigenvalue weighted by atomic mass is 28.4. The molecule has 0 N–H and O–H groups in total. The summed E-state index contributed by atoms with van der Waals surface area (Å²) in [5.41, 5.74) is 2.37. The van der Waals surface area contributed by atoms with E-state index in [0.717, 1.165) is 6.42 Å². The standard InChI is InChI=1S/C28H42O4Si/c1-22-17-25(30-19-24-15-11-8-12-16-24)27(21-31-33(5,6)28(2,3)4)32-26(22)20-29-18-23-13-9-7-10-14-23/h7-16,22,25-27H,17-21H2,1-6H3/t22-,25-,26-,27+/m0/s1. The predicted molar refractivity (Wildman–Crippen MR) is 137 cm³/mol. The van der Waals surface area contributed by atoms with Crippen molar-refractivity contribution in [2.45, 2.75) is 83.8 Å². The molecule has 0 amide bonds. The molecule has 0 aromatic heterocycles. The zero-order valence-corrected chi connectivity index (χ0v) is 22.3. The summed E-state index contributed by atoms with van der Waals surface area (Å²) in [7, 11) is -1.88. The topological polar surface area (TPSA) is 36.9 Å². The normalized spacial score (nSPS) is 24.1. The minimum absolute atomic E-state index is 0.00958. The molecule has 4 atom stereocenters. The van der Waals surface area contributed by atoms with Gasteiger partial charge in [0.15, 0.2) is 8.32 Å². The lowest BCUT2D eigenvalue weighted by Gasteiger charge is -2.43. The quantitative estimate of drug-likeness (QED) is 0.366. The minimum Gasteiger partial charge on any atom is -0.414 e. The van der Waals surface area contributed by atoms with Gasteiger partial charge in [0.25, 0.3) is 0 Å². The molecule has 5 heteroatoms. The van der Waals surface area contributed by atoms with E-state index < -0.39 is 8.32 Å². The molecule has 0 unspecified atom stereocenters. The van der Waals surface area contributed by atoms with Gasteiger partial charge >= 0.3 is 0 Å². The molecule has 0 aliphatic carbocycles. The van der Waals surface area contributed by atoms with E-state index in [0.29, 0.717) is 32.3 Å². The van der Waals surface area contributed by atoms with Crippen LogP contribution in [0.4, 0.5) is 0 Å². The van der Waals surface area contributed by atoms with Crippen molar-refractivity contribution >= 4 is 8.32 Å². The number of hydrogen-bond donors (Lipinski definition) is 0. The Balaban J connectivity index is 1.62. The second-order valence-electron chi connectivity index (χ2n) is 10.8. The van der Waals surface area contributed by atoms with Gasteiger partial charge < -0.3 is 18.6 Å². The SMILES string of the molecule is C[C@H]1C[C@H](OCc2ccccc2)[C@@H](CO[Si](C)(C)C(C)(C)C)O[C@H]1COCc1ccccc1. The predicted octanol–water partition coefficient (Wildman–Crippen LogP) is 6.60. The van der Waals surface area contributed by atoms with Gasteiger partial charge in [-0.25, -0.2) is 0 Å². The molecule has 2 aromatic rings. The minimum atomic E-state index is -1.88. The van der Waals surface area contributed by atoms with Crippen LogP contribution in [0.25, 0.3) is 0 Å². The maximum atomic E-state index is 6.59. The molecule has 0 radical (unpaired) electrons. The summed E-state index contributed by atoms with van der Waals surface area (Å²) in [6, 6.07) is 20.6. The summed E-state index contributed by atoms with van der Waals surface area (Å²) >= 11 is 0. The first kappa shape index (κ1) is 26.1. The van der Waals surface area contributed by atoms with E-state index in [1.54, 1.807) is 0 Å². The Bertz CT molecular complexity index is 819. The number of rotatable bonds is 10. The Morgan fingerprint density at radius 2 is 1.42 bits per heavy atom. The molecule has 0 bridgehead atoms. The van der Waals surface area contributed by atoms with E-state index in [1.807, 2.05) is 24.3 Å². The molecule has 4 nitrogen and oxygen atoms in total. The first-order chi connectivity index (χ1) is 15.7. The van der Waals surface area contributed by atoms with Gasteiger partial charge in [-0.3, -0.25) is 0 Å². The van der Waals surface area contributed by atoms with Crippen molar-refractivity contribution in [1.29, 1.82) is 0 Å². The van der Waals surface area contributed by atoms with E-state index >= 15 is 0 Å². The lowest BCUT2D eigenvalue weighted by atomic mass is 9.91. The van der Waals surface area contributed by atoms with Crippen LogP contribution in [-0.4, -0.2) is 39.8 Å². The fourth-order valence-electron chi connectivity index (χ4n) is 3.79. The second kappa shape index (κ2) is 11.8. The average molecular weight is 471 g/mol. The van der Waals surface area contributed by atoms with Gasteiger partial charge in [0.05, 0.1) is 38.6 Å².